The van der Waals surface area contributed by atoms with E-state index in [9.17, 15) is 0 Å². The van der Waals surface area contributed by atoms with E-state index >= 15 is 0 Å². The Morgan fingerprint density at radius 3 is 2.41 bits per heavy atom. The monoisotopic (exact) mass is 226 g/mol. The summed E-state index contributed by atoms with van der Waals surface area (Å²) < 4.78 is 0. The molecular formula is C15H18N2. The molecule has 2 rings (SSSR count). The zero-order valence-corrected chi connectivity index (χ0v) is 10.3. The summed E-state index contributed by atoms with van der Waals surface area (Å²) in [7, 11) is 0. The molecule has 0 spiro atoms. The predicted molar refractivity (Wildman–Crippen MR) is 74.1 cm³/mol. The SMILES string of the molecule is Cc1cc(N)ccc1NC(C)c1ccccc1. The van der Waals surface area contributed by atoms with Gasteiger partial charge in [0, 0.05) is 17.4 Å². The van der Waals surface area contributed by atoms with Gasteiger partial charge in [-0.25, -0.2) is 0 Å². The molecule has 0 saturated heterocycles. The van der Waals surface area contributed by atoms with E-state index < -0.39 is 0 Å². The zero-order chi connectivity index (χ0) is 12.3. The molecule has 2 heteroatoms. The minimum absolute atomic E-state index is 0.290. The highest BCUT2D eigenvalue weighted by Gasteiger charge is 2.06. The molecule has 0 fully saturated rings. The fourth-order valence-corrected chi connectivity index (χ4v) is 1.91. The molecule has 2 aromatic carbocycles. The van der Waals surface area contributed by atoms with Crippen molar-refractivity contribution in [3.63, 3.8) is 0 Å². The zero-order valence-electron chi connectivity index (χ0n) is 10.3. The Hall–Kier alpha value is -1.96. The Kier molecular flexibility index (Phi) is 3.33. The van der Waals surface area contributed by atoms with E-state index in [1.165, 1.54) is 11.1 Å². The molecule has 17 heavy (non-hydrogen) atoms. The van der Waals surface area contributed by atoms with Crippen LogP contribution in [0.3, 0.4) is 0 Å². The second-order valence-electron chi connectivity index (χ2n) is 4.35. The number of benzene rings is 2. The van der Waals surface area contributed by atoms with Crippen LogP contribution in [0.5, 0.6) is 0 Å². The number of aryl methyl sites for hydroxylation is 1. The van der Waals surface area contributed by atoms with Crippen molar-refractivity contribution in [3.8, 4) is 0 Å². The number of nitrogens with one attached hydrogen (secondary N) is 1. The van der Waals surface area contributed by atoms with Gasteiger partial charge in [-0.15, -0.1) is 0 Å². The maximum atomic E-state index is 5.74. The van der Waals surface area contributed by atoms with Crippen LogP contribution in [-0.4, -0.2) is 0 Å². The summed E-state index contributed by atoms with van der Waals surface area (Å²) in [5.74, 6) is 0. The van der Waals surface area contributed by atoms with Gasteiger partial charge in [0.2, 0.25) is 0 Å². The fourth-order valence-electron chi connectivity index (χ4n) is 1.91. The molecule has 0 saturated carbocycles. The van der Waals surface area contributed by atoms with Crippen molar-refractivity contribution in [3.05, 3.63) is 59.7 Å². The Balaban J connectivity index is 2.16. The number of nitrogens with two attached hydrogens (primary N) is 1. The van der Waals surface area contributed by atoms with Gasteiger partial charge in [0.05, 0.1) is 0 Å². The van der Waals surface area contributed by atoms with Crippen LogP contribution >= 0.6 is 0 Å². The third-order valence-electron chi connectivity index (χ3n) is 2.92. The van der Waals surface area contributed by atoms with E-state index in [4.69, 9.17) is 5.73 Å². The first kappa shape index (κ1) is 11.5. The molecule has 0 bridgehead atoms. The molecule has 2 aromatic rings. The molecule has 0 aliphatic carbocycles. The molecule has 2 nitrogen and oxygen atoms in total. The second kappa shape index (κ2) is 4.91. The van der Waals surface area contributed by atoms with Crippen molar-refractivity contribution in [2.75, 3.05) is 11.1 Å². The summed E-state index contributed by atoms with van der Waals surface area (Å²) >= 11 is 0. The quantitative estimate of drug-likeness (QED) is 0.782. The van der Waals surface area contributed by atoms with Gasteiger partial charge in [-0.05, 0) is 43.2 Å². The van der Waals surface area contributed by atoms with E-state index in [-0.39, 0.29) is 0 Å². The maximum absolute atomic E-state index is 5.74. The molecule has 0 aromatic heterocycles. The lowest BCUT2D eigenvalue weighted by molar-refractivity contribution is 0.883. The van der Waals surface area contributed by atoms with Gasteiger partial charge in [-0.3, -0.25) is 0 Å². The molecule has 0 amide bonds. The molecule has 0 radical (unpaired) electrons. The lowest BCUT2D eigenvalue weighted by Crippen LogP contribution is -2.07. The summed E-state index contributed by atoms with van der Waals surface area (Å²) in [6, 6.07) is 16.6. The van der Waals surface area contributed by atoms with Crippen LogP contribution < -0.4 is 11.1 Å². The van der Waals surface area contributed by atoms with Crippen LogP contribution in [0, 0.1) is 6.92 Å². The summed E-state index contributed by atoms with van der Waals surface area (Å²) in [6.07, 6.45) is 0. The second-order valence-corrected chi connectivity index (χ2v) is 4.35. The first-order valence-electron chi connectivity index (χ1n) is 5.84. The molecule has 0 heterocycles. The predicted octanol–water partition coefficient (Wildman–Crippen LogP) is 3.75. The maximum Gasteiger partial charge on any atom is 0.0485 e. The molecule has 3 N–H and O–H groups in total. The first-order valence-corrected chi connectivity index (χ1v) is 5.84. The van der Waals surface area contributed by atoms with Crippen molar-refractivity contribution < 1.29 is 0 Å². The van der Waals surface area contributed by atoms with Gasteiger partial charge in [0.1, 0.15) is 0 Å². The number of hydrogen-bond acceptors (Lipinski definition) is 2. The molecule has 88 valence electrons. The van der Waals surface area contributed by atoms with Crippen molar-refractivity contribution in [1.29, 1.82) is 0 Å². The average Bonchev–Trinajstić information content (AvgIpc) is 2.34. The molecule has 0 aliphatic rings. The third kappa shape index (κ3) is 2.78. The highest BCUT2D eigenvalue weighted by atomic mass is 14.9. The largest absolute Gasteiger partial charge is 0.399 e. The van der Waals surface area contributed by atoms with Gasteiger partial charge >= 0.3 is 0 Å². The average molecular weight is 226 g/mol. The van der Waals surface area contributed by atoms with Crippen LogP contribution in [0.25, 0.3) is 0 Å². The number of hydrogen-bond donors (Lipinski definition) is 2. The number of anilines is 2. The lowest BCUT2D eigenvalue weighted by atomic mass is 10.1. The van der Waals surface area contributed by atoms with Crippen LogP contribution in [0.15, 0.2) is 48.5 Å². The van der Waals surface area contributed by atoms with Crippen LogP contribution in [0.2, 0.25) is 0 Å². The summed E-state index contributed by atoms with van der Waals surface area (Å²) in [6.45, 7) is 4.22. The highest BCUT2D eigenvalue weighted by Crippen LogP contribution is 2.23. The molecule has 0 aliphatic heterocycles. The smallest absolute Gasteiger partial charge is 0.0485 e. The Morgan fingerprint density at radius 1 is 1.06 bits per heavy atom. The van der Waals surface area contributed by atoms with Gasteiger partial charge in [0.15, 0.2) is 0 Å². The number of rotatable bonds is 3. The van der Waals surface area contributed by atoms with E-state index in [1.807, 2.05) is 24.3 Å². The Morgan fingerprint density at radius 2 is 1.76 bits per heavy atom. The van der Waals surface area contributed by atoms with E-state index in [0.29, 0.717) is 6.04 Å². The van der Waals surface area contributed by atoms with Crippen LogP contribution in [0.4, 0.5) is 11.4 Å². The third-order valence-corrected chi connectivity index (χ3v) is 2.92. The van der Waals surface area contributed by atoms with Crippen LogP contribution in [0.1, 0.15) is 24.1 Å². The minimum Gasteiger partial charge on any atom is -0.399 e. The van der Waals surface area contributed by atoms with Crippen molar-refractivity contribution >= 4 is 11.4 Å². The summed E-state index contributed by atoms with van der Waals surface area (Å²) in [5.41, 5.74) is 10.1. The van der Waals surface area contributed by atoms with E-state index in [0.717, 1.165) is 11.4 Å². The highest BCUT2D eigenvalue weighted by molar-refractivity contribution is 5.58. The van der Waals surface area contributed by atoms with E-state index in [1.54, 1.807) is 0 Å². The topological polar surface area (TPSA) is 38.0 Å². The molecule has 1 atom stereocenters. The van der Waals surface area contributed by atoms with Crippen molar-refractivity contribution in [1.82, 2.24) is 0 Å². The standard InChI is InChI=1S/C15H18N2/c1-11-10-14(16)8-9-15(11)17-12(2)13-6-4-3-5-7-13/h3-10,12,17H,16H2,1-2H3. The Bertz CT molecular complexity index is 492. The van der Waals surface area contributed by atoms with Crippen LogP contribution in [-0.2, 0) is 0 Å². The fraction of sp³-hybridized carbons (Fsp3) is 0.200. The lowest BCUT2D eigenvalue weighted by Gasteiger charge is -2.17. The van der Waals surface area contributed by atoms with Crippen molar-refractivity contribution in [2.45, 2.75) is 19.9 Å². The first-order chi connectivity index (χ1) is 8.16. The van der Waals surface area contributed by atoms with E-state index in [2.05, 4.69) is 43.4 Å². The summed E-state index contributed by atoms with van der Waals surface area (Å²) in [5, 5.41) is 3.50. The van der Waals surface area contributed by atoms with Gasteiger partial charge in [-0.2, -0.15) is 0 Å². The molecule has 1 unspecified atom stereocenters. The minimum atomic E-state index is 0.290. The number of nitrogen functional groups attached to an aromatic ring is 1. The van der Waals surface area contributed by atoms with Gasteiger partial charge in [0.25, 0.3) is 0 Å². The van der Waals surface area contributed by atoms with Crippen molar-refractivity contribution in [2.24, 2.45) is 0 Å². The normalized spacial score (nSPS) is 12.1. The van der Waals surface area contributed by atoms with Gasteiger partial charge < -0.3 is 11.1 Å². The summed E-state index contributed by atoms with van der Waals surface area (Å²) in [4.78, 5) is 0. The van der Waals surface area contributed by atoms with Gasteiger partial charge in [-0.1, -0.05) is 30.3 Å². The Labute approximate surface area is 102 Å². The molecular weight excluding hydrogens is 208 g/mol.